The van der Waals surface area contributed by atoms with E-state index in [1.54, 1.807) is 18.2 Å². The summed E-state index contributed by atoms with van der Waals surface area (Å²) in [5.74, 6) is 0.982. The van der Waals surface area contributed by atoms with E-state index in [4.69, 9.17) is 14.2 Å². The van der Waals surface area contributed by atoms with Crippen molar-refractivity contribution in [3.63, 3.8) is 0 Å². The van der Waals surface area contributed by atoms with Gasteiger partial charge < -0.3 is 19.5 Å². The van der Waals surface area contributed by atoms with Gasteiger partial charge in [0.25, 0.3) is 5.91 Å². The third-order valence-electron chi connectivity index (χ3n) is 4.49. The predicted molar refractivity (Wildman–Crippen MR) is 98.6 cm³/mol. The Bertz CT molecular complexity index is 608. The van der Waals surface area contributed by atoms with Crippen molar-refractivity contribution in [2.24, 2.45) is 5.92 Å². The van der Waals surface area contributed by atoms with Crippen LogP contribution < -0.4 is 14.8 Å². The molecule has 1 fully saturated rings. The zero-order chi connectivity index (χ0) is 18.9. The van der Waals surface area contributed by atoms with Gasteiger partial charge in [0.2, 0.25) is 0 Å². The largest absolute Gasteiger partial charge is 0.490 e. The number of carbonyl (C=O) groups excluding carboxylic acids is 2. The van der Waals surface area contributed by atoms with Gasteiger partial charge in [-0.15, -0.1) is 0 Å². The van der Waals surface area contributed by atoms with Crippen molar-refractivity contribution in [3.8, 4) is 11.5 Å². The number of hydrogen-bond acceptors (Lipinski definition) is 5. The van der Waals surface area contributed by atoms with Gasteiger partial charge in [0, 0.05) is 6.04 Å². The van der Waals surface area contributed by atoms with Gasteiger partial charge in [-0.25, -0.2) is 4.79 Å². The van der Waals surface area contributed by atoms with Crippen molar-refractivity contribution in [2.75, 3.05) is 19.8 Å². The molecule has 0 aromatic heterocycles. The van der Waals surface area contributed by atoms with E-state index in [1.807, 2.05) is 13.8 Å². The highest BCUT2D eigenvalue weighted by Crippen LogP contribution is 2.29. The van der Waals surface area contributed by atoms with Gasteiger partial charge in [0.05, 0.1) is 18.8 Å². The molecule has 1 aliphatic carbocycles. The lowest BCUT2D eigenvalue weighted by Crippen LogP contribution is -2.39. The molecule has 144 valence electrons. The smallest absolute Gasteiger partial charge is 0.338 e. The molecule has 0 spiro atoms. The highest BCUT2D eigenvalue weighted by Gasteiger charge is 2.20. The number of rotatable bonds is 8. The minimum absolute atomic E-state index is 0.187. The van der Waals surface area contributed by atoms with Crippen LogP contribution in [0.3, 0.4) is 0 Å². The second-order valence-electron chi connectivity index (χ2n) is 6.63. The van der Waals surface area contributed by atoms with Crippen LogP contribution in [0.1, 0.15) is 56.8 Å². The number of ether oxygens (including phenoxy) is 3. The number of hydrogen-bond donors (Lipinski definition) is 1. The van der Waals surface area contributed by atoms with Crippen molar-refractivity contribution in [2.45, 2.75) is 52.5 Å². The Labute approximate surface area is 155 Å². The molecule has 1 aromatic carbocycles. The van der Waals surface area contributed by atoms with Gasteiger partial charge in [0.15, 0.2) is 18.1 Å². The van der Waals surface area contributed by atoms with E-state index in [-0.39, 0.29) is 18.6 Å². The third kappa shape index (κ3) is 5.93. The molecule has 0 heterocycles. The van der Waals surface area contributed by atoms with E-state index < -0.39 is 5.97 Å². The summed E-state index contributed by atoms with van der Waals surface area (Å²) in [5, 5.41) is 2.94. The van der Waals surface area contributed by atoms with Crippen molar-refractivity contribution in [1.29, 1.82) is 0 Å². The lowest BCUT2D eigenvalue weighted by molar-refractivity contribution is -0.125. The summed E-state index contributed by atoms with van der Waals surface area (Å²) in [6.45, 7) is 6.65. The third-order valence-corrected chi connectivity index (χ3v) is 4.49. The van der Waals surface area contributed by atoms with E-state index in [1.165, 1.54) is 0 Å². The van der Waals surface area contributed by atoms with Crippen LogP contribution in [0.4, 0.5) is 0 Å². The second kappa shape index (κ2) is 10.0. The molecular formula is C20H29NO5. The highest BCUT2D eigenvalue weighted by molar-refractivity contribution is 5.92. The summed E-state index contributed by atoms with van der Waals surface area (Å²) in [4.78, 5) is 24.2. The number of nitrogens with one attached hydrogen (secondary N) is 1. The van der Waals surface area contributed by atoms with Crippen LogP contribution in [0.2, 0.25) is 0 Å². The summed E-state index contributed by atoms with van der Waals surface area (Å²) >= 11 is 0. The SMILES string of the molecule is CCOc1ccc(C(=O)OCC(=O)NC2CCC(C)CC2)cc1OCC. The molecule has 1 N–H and O–H groups in total. The second-order valence-corrected chi connectivity index (χ2v) is 6.63. The molecule has 2 rings (SSSR count). The fourth-order valence-electron chi connectivity index (χ4n) is 3.07. The summed E-state index contributed by atoms with van der Waals surface area (Å²) in [5.41, 5.74) is 0.330. The zero-order valence-electron chi connectivity index (χ0n) is 15.9. The quantitative estimate of drug-likeness (QED) is 0.717. The highest BCUT2D eigenvalue weighted by atomic mass is 16.5. The molecule has 0 atom stereocenters. The van der Waals surface area contributed by atoms with Crippen LogP contribution in [-0.2, 0) is 9.53 Å². The molecule has 0 unspecified atom stereocenters. The topological polar surface area (TPSA) is 73.9 Å². The molecule has 0 radical (unpaired) electrons. The van der Waals surface area contributed by atoms with Crippen LogP contribution in [0, 0.1) is 5.92 Å². The molecule has 1 saturated carbocycles. The van der Waals surface area contributed by atoms with E-state index >= 15 is 0 Å². The average molecular weight is 363 g/mol. The van der Waals surface area contributed by atoms with Crippen molar-refractivity contribution in [3.05, 3.63) is 23.8 Å². The maximum Gasteiger partial charge on any atom is 0.338 e. The van der Waals surface area contributed by atoms with E-state index in [9.17, 15) is 9.59 Å². The molecular weight excluding hydrogens is 334 g/mol. The molecule has 0 bridgehead atoms. The first kappa shape index (κ1) is 20.1. The fraction of sp³-hybridized carbons (Fsp3) is 0.600. The summed E-state index contributed by atoms with van der Waals surface area (Å²) in [6, 6.07) is 5.05. The molecule has 1 amide bonds. The van der Waals surface area contributed by atoms with Gasteiger partial charge >= 0.3 is 5.97 Å². The van der Waals surface area contributed by atoms with Gasteiger partial charge in [-0.05, 0) is 63.6 Å². The minimum Gasteiger partial charge on any atom is -0.490 e. The van der Waals surface area contributed by atoms with E-state index in [0.717, 1.165) is 31.6 Å². The Morgan fingerprint density at radius 3 is 2.35 bits per heavy atom. The average Bonchev–Trinajstić information content (AvgIpc) is 2.63. The lowest BCUT2D eigenvalue weighted by Gasteiger charge is -2.26. The van der Waals surface area contributed by atoms with Crippen LogP contribution in [-0.4, -0.2) is 37.7 Å². The van der Waals surface area contributed by atoms with Gasteiger partial charge in [-0.2, -0.15) is 0 Å². The number of benzene rings is 1. The van der Waals surface area contributed by atoms with Gasteiger partial charge in [0.1, 0.15) is 0 Å². The first-order valence-electron chi connectivity index (χ1n) is 9.39. The normalized spacial score (nSPS) is 19.5. The van der Waals surface area contributed by atoms with Crippen LogP contribution >= 0.6 is 0 Å². The maximum atomic E-state index is 12.2. The monoisotopic (exact) mass is 363 g/mol. The number of amides is 1. The summed E-state index contributed by atoms with van der Waals surface area (Å²) in [6.07, 6.45) is 4.21. The van der Waals surface area contributed by atoms with Gasteiger partial charge in [-0.1, -0.05) is 6.92 Å². The maximum absolute atomic E-state index is 12.2. The molecule has 0 aliphatic heterocycles. The molecule has 0 saturated heterocycles. The lowest BCUT2D eigenvalue weighted by atomic mass is 9.87. The Hall–Kier alpha value is -2.24. The summed E-state index contributed by atoms with van der Waals surface area (Å²) in [7, 11) is 0. The van der Waals surface area contributed by atoms with Crippen molar-refractivity contribution < 1.29 is 23.8 Å². The zero-order valence-corrected chi connectivity index (χ0v) is 15.9. The first-order chi connectivity index (χ1) is 12.5. The van der Waals surface area contributed by atoms with E-state index in [2.05, 4.69) is 12.2 Å². The number of esters is 1. The molecule has 26 heavy (non-hydrogen) atoms. The van der Waals surface area contributed by atoms with Crippen LogP contribution in [0.15, 0.2) is 18.2 Å². The summed E-state index contributed by atoms with van der Waals surface area (Å²) < 4.78 is 16.1. The van der Waals surface area contributed by atoms with Crippen molar-refractivity contribution in [1.82, 2.24) is 5.32 Å². The van der Waals surface area contributed by atoms with Crippen molar-refractivity contribution >= 4 is 11.9 Å². The Morgan fingerprint density at radius 2 is 1.69 bits per heavy atom. The molecule has 1 aliphatic rings. The standard InChI is InChI=1S/C20H29NO5/c1-4-24-17-11-8-15(12-18(17)25-5-2)20(23)26-13-19(22)21-16-9-6-14(3)7-10-16/h8,11-12,14,16H,4-7,9-10,13H2,1-3H3,(H,21,22). The molecule has 6 heteroatoms. The predicted octanol–water partition coefficient (Wildman–Crippen LogP) is 3.34. The minimum atomic E-state index is -0.554. The first-order valence-corrected chi connectivity index (χ1v) is 9.39. The molecule has 1 aromatic rings. The van der Waals surface area contributed by atoms with Crippen LogP contribution in [0.25, 0.3) is 0 Å². The fourth-order valence-corrected chi connectivity index (χ4v) is 3.07. The molecule has 6 nitrogen and oxygen atoms in total. The Kier molecular flexibility index (Phi) is 7.75. The Morgan fingerprint density at radius 1 is 1.04 bits per heavy atom. The number of carbonyl (C=O) groups is 2. The van der Waals surface area contributed by atoms with E-state index in [0.29, 0.717) is 30.3 Å². The van der Waals surface area contributed by atoms with Gasteiger partial charge in [-0.3, -0.25) is 4.79 Å². The Balaban J connectivity index is 1.86. The van der Waals surface area contributed by atoms with Crippen LogP contribution in [0.5, 0.6) is 11.5 Å².